The lowest BCUT2D eigenvalue weighted by Crippen LogP contribution is -2.54. The standard InChI is InChI=1S/C31H37BrClN3O7S/c1-20(30(38)34-31(2,3)4)35(18-21-8-10-22(32)11-9-21)29(37)19-36(25-16-23(33)12-14-26(25)41-5)44(39,40)24-13-15-27(42-6)28(17-24)43-7/h8-17,20H,18-19H2,1-7H3,(H,34,38)/t20-/m0/s1. The number of methoxy groups -OCH3 is 3. The molecular weight excluding hydrogens is 674 g/mol. The molecule has 0 aliphatic rings. The molecule has 0 aliphatic heterocycles. The van der Waals surface area contributed by atoms with Crippen molar-refractivity contribution in [3.63, 3.8) is 0 Å². The van der Waals surface area contributed by atoms with E-state index in [2.05, 4.69) is 21.2 Å². The highest BCUT2D eigenvalue weighted by molar-refractivity contribution is 9.10. The minimum Gasteiger partial charge on any atom is -0.495 e. The molecule has 3 rings (SSSR count). The molecule has 0 unspecified atom stereocenters. The van der Waals surface area contributed by atoms with Crippen LogP contribution in [0.3, 0.4) is 0 Å². The molecule has 238 valence electrons. The third kappa shape index (κ3) is 8.58. The van der Waals surface area contributed by atoms with Crippen molar-refractivity contribution in [2.24, 2.45) is 0 Å². The second-order valence-electron chi connectivity index (χ2n) is 10.9. The number of rotatable bonds is 12. The lowest BCUT2D eigenvalue weighted by Gasteiger charge is -2.33. The molecule has 0 saturated heterocycles. The molecule has 0 aromatic heterocycles. The van der Waals surface area contributed by atoms with Crippen LogP contribution in [0, 0.1) is 0 Å². The van der Waals surface area contributed by atoms with Crippen LogP contribution in [0.25, 0.3) is 0 Å². The van der Waals surface area contributed by atoms with E-state index in [9.17, 15) is 18.0 Å². The number of amides is 2. The lowest BCUT2D eigenvalue weighted by atomic mass is 10.1. The number of hydrogen-bond acceptors (Lipinski definition) is 7. The molecule has 0 spiro atoms. The SMILES string of the molecule is COc1ccc(S(=O)(=O)N(CC(=O)N(Cc2ccc(Br)cc2)[C@@H](C)C(=O)NC(C)(C)C)c2cc(Cl)ccc2OC)cc1OC. The molecule has 13 heteroatoms. The Morgan fingerprint density at radius 3 is 2.07 bits per heavy atom. The summed E-state index contributed by atoms with van der Waals surface area (Å²) in [6, 6.07) is 14.9. The van der Waals surface area contributed by atoms with Crippen molar-refractivity contribution in [2.75, 3.05) is 32.2 Å². The van der Waals surface area contributed by atoms with E-state index in [1.807, 2.05) is 45.0 Å². The van der Waals surface area contributed by atoms with Gasteiger partial charge in [0.2, 0.25) is 11.8 Å². The molecule has 44 heavy (non-hydrogen) atoms. The summed E-state index contributed by atoms with van der Waals surface area (Å²) in [6.45, 7) is 6.48. The van der Waals surface area contributed by atoms with Crippen LogP contribution in [0.1, 0.15) is 33.3 Å². The number of ether oxygens (including phenoxy) is 3. The van der Waals surface area contributed by atoms with Gasteiger partial charge in [-0.25, -0.2) is 8.42 Å². The Morgan fingerprint density at radius 2 is 1.50 bits per heavy atom. The molecule has 0 fully saturated rings. The quantitative estimate of drug-likeness (QED) is 0.258. The van der Waals surface area contributed by atoms with Crippen LogP contribution < -0.4 is 23.8 Å². The number of nitrogens with one attached hydrogen (secondary N) is 1. The van der Waals surface area contributed by atoms with Crippen LogP contribution >= 0.6 is 27.5 Å². The molecule has 10 nitrogen and oxygen atoms in total. The first-order chi connectivity index (χ1) is 20.6. The first-order valence-corrected chi connectivity index (χ1v) is 16.2. The van der Waals surface area contributed by atoms with E-state index in [-0.39, 0.29) is 33.6 Å². The third-order valence-corrected chi connectivity index (χ3v) is 9.08. The number of carbonyl (C=O) groups excluding carboxylic acids is 2. The van der Waals surface area contributed by atoms with Gasteiger partial charge in [-0.3, -0.25) is 13.9 Å². The van der Waals surface area contributed by atoms with E-state index in [0.29, 0.717) is 5.75 Å². The van der Waals surface area contributed by atoms with Crippen LogP contribution in [-0.2, 0) is 26.2 Å². The highest BCUT2D eigenvalue weighted by atomic mass is 79.9. The summed E-state index contributed by atoms with van der Waals surface area (Å²) < 4.78 is 46.5. The summed E-state index contributed by atoms with van der Waals surface area (Å²) in [5.74, 6) is -0.339. The fourth-order valence-corrected chi connectivity index (χ4v) is 6.18. The van der Waals surface area contributed by atoms with Crippen LogP contribution in [0.4, 0.5) is 5.69 Å². The minimum atomic E-state index is -4.44. The summed E-state index contributed by atoms with van der Waals surface area (Å²) in [4.78, 5) is 28.7. The minimum absolute atomic E-state index is 0.0403. The Labute approximate surface area is 272 Å². The number of nitrogens with zero attached hydrogens (tertiary/aromatic N) is 2. The average molecular weight is 711 g/mol. The van der Waals surface area contributed by atoms with Gasteiger partial charge >= 0.3 is 0 Å². The Bertz CT molecular complexity index is 1590. The van der Waals surface area contributed by atoms with E-state index in [1.54, 1.807) is 13.0 Å². The Balaban J connectivity index is 2.15. The maximum Gasteiger partial charge on any atom is 0.265 e. The second kappa shape index (κ2) is 14.5. The number of hydrogen-bond donors (Lipinski definition) is 1. The van der Waals surface area contributed by atoms with Crippen molar-refractivity contribution in [3.05, 3.63) is 75.7 Å². The number of carbonyl (C=O) groups is 2. The summed E-state index contributed by atoms with van der Waals surface area (Å²) in [5, 5.41) is 3.13. The van der Waals surface area contributed by atoms with E-state index in [0.717, 1.165) is 14.3 Å². The molecule has 1 atom stereocenters. The topological polar surface area (TPSA) is 114 Å². The average Bonchev–Trinajstić information content (AvgIpc) is 2.97. The summed E-state index contributed by atoms with van der Waals surface area (Å²) in [6.07, 6.45) is 0. The van der Waals surface area contributed by atoms with Crippen molar-refractivity contribution < 1.29 is 32.2 Å². The maximum atomic E-state index is 14.3. The molecule has 1 N–H and O–H groups in total. The molecule has 2 amide bonds. The Kier molecular flexibility index (Phi) is 11.6. The van der Waals surface area contributed by atoms with Crippen LogP contribution in [0.15, 0.2) is 70.0 Å². The smallest absolute Gasteiger partial charge is 0.265 e. The van der Waals surface area contributed by atoms with Crippen LogP contribution in [0.2, 0.25) is 5.02 Å². The van der Waals surface area contributed by atoms with Gasteiger partial charge in [0.05, 0.1) is 31.9 Å². The third-order valence-electron chi connectivity index (χ3n) is 6.56. The largest absolute Gasteiger partial charge is 0.495 e. The molecular formula is C31H37BrClN3O7S. The zero-order chi connectivity index (χ0) is 32.8. The maximum absolute atomic E-state index is 14.3. The fourth-order valence-electron chi connectivity index (χ4n) is 4.32. The number of anilines is 1. The molecule has 0 radical (unpaired) electrons. The Morgan fingerprint density at radius 1 is 0.909 bits per heavy atom. The van der Waals surface area contributed by atoms with Gasteiger partial charge < -0.3 is 24.4 Å². The van der Waals surface area contributed by atoms with Gasteiger partial charge in [0.15, 0.2) is 11.5 Å². The van der Waals surface area contributed by atoms with Gasteiger partial charge in [0.25, 0.3) is 10.0 Å². The molecule has 0 aliphatic carbocycles. The molecule has 3 aromatic rings. The molecule has 0 bridgehead atoms. The first-order valence-electron chi connectivity index (χ1n) is 13.6. The zero-order valence-corrected chi connectivity index (χ0v) is 28.8. The van der Waals surface area contributed by atoms with Gasteiger partial charge in [-0.1, -0.05) is 39.7 Å². The lowest BCUT2D eigenvalue weighted by molar-refractivity contribution is -0.140. The van der Waals surface area contributed by atoms with Gasteiger partial charge in [-0.15, -0.1) is 0 Å². The summed E-state index contributed by atoms with van der Waals surface area (Å²) >= 11 is 9.72. The second-order valence-corrected chi connectivity index (χ2v) is 14.1. The number of halogens is 2. The highest BCUT2D eigenvalue weighted by Crippen LogP contribution is 2.37. The molecule has 0 heterocycles. The van der Waals surface area contributed by atoms with Crippen molar-refractivity contribution in [2.45, 2.75) is 50.7 Å². The van der Waals surface area contributed by atoms with Gasteiger partial charge in [-0.05, 0) is 75.7 Å². The first kappa shape index (κ1) is 35.0. The van der Waals surface area contributed by atoms with Crippen molar-refractivity contribution in [1.82, 2.24) is 10.2 Å². The summed E-state index contributed by atoms with van der Waals surface area (Å²) in [5.41, 5.74) is 0.222. The van der Waals surface area contributed by atoms with Gasteiger partial charge in [0, 0.05) is 27.6 Å². The van der Waals surface area contributed by atoms with E-state index in [4.69, 9.17) is 25.8 Å². The van der Waals surface area contributed by atoms with Gasteiger partial charge in [0.1, 0.15) is 18.3 Å². The Hall–Kier alpha value is -3.48. The van der Waals surface area contributed by atoms with Crippen molar-refractivity contribution in [1.29, 1.82) is 0 Å². The predicted molar refractivity (Wildman–Crippen MR) is 174 cm³/mol. The van der Waals surface area contributed by atoms with E-state index >= 15 is 0 Å². The van der Waals surface area contributed by atoms with Gasteiger partial charge in [-0.2, -0.15) is 0 Å². The normalized spacial score (nSPS) is 12.2. The van der Waals surface area contributed by atoms with Crippen LogP contribution in [0.5, 0.6) is 17.2 Å². The molecule has 3 aromatic carbocycles. The van der Waals surface area contributed by atoms with Crippen molar-refractivity contribution >= 4 is 55.1 Å². The number of sulfonamides is 1. The van der Waals surface area contributed by atoms with E-state index < -0.39 is 40.0 Å². The highest BCUT2D eigenvalue weighted by Gasteiger charge is 2.35. The summed E-state index contributed by atoms with van der Waals surface area (Å²) in [7, 11) is -0.231. The molecule has 0 saturated carbocycles. The number of benzene rings is 3. The predicted octanol–water partition coefficient (Wildman–Crippen LogP) is 5.66. The van der Waals surface area contributed by atoms with E-state index in [1.165, 1.54) is 56.6 Å². The fraction of sp³-hybridized carbons (Fsp3) is 0.355. The van der Waals surface area contributed by atoms with Crippen LogP contribution in [-0.4, -0.2) is 64.6 Å². The van der Waals surface area contributed by atoms with Crippen molar-refractivity contribution in [3.8, 4) is 17.2 Å². The zero-order valence-electron chi connectivity index (χ0n) is 25.7. The monoisotopic (exact) mass is 709 g/mol.